The van der Waals surface area contributed by atoms with Crippen LogP contribution in [0.4, 0.5) is 10.2 Å². The van der Waals surface area contributed by atoms with Gasteiger partial charge in [0.2, 0.25) is 0 Å². The number of sulfonamides is 1. The number of nitrogens with zero attached hydrogens (tertiary/aromatic N) is 2. The Morgan fingerprint density at radius 3 is 2.41 bits per heavy atom. The van der Waals surface area contributed by atoms with Crippen molar-refractivity contribution < 1.29 is 17.5 Å². The van der Waals surface area contributed by atoms with Crippen LogP contribution in [-0.2, 0) is 10.0 Å². The van der Waals surface area contributed by atoms with E-state index in [-0.39, 0.29) is 16.2 Å². The lowest BCUT2D eigenvalue weighted by Gasteiger charge is -2.13. The highest BCUT2D eigenvalue weighted by atomic mass is 32.2. The number of aromatic nitrogens is 1. The van der Waals surface area contributed by atoms with Crippen molar-refractivity contribution in [2.75, 3.05) is 4.72 Å². The number of hydrogen-bond donors (Lipinski definition) is 1. The number of hydrogen-bond acceptors (Lipinski definition) is 5. The van der Waals surface area contributed by atoms with Gasteiger partial charge in [0.1, 0.15) is 17.6 Å². The van der Waals surface area contributed by atoms with Gasteiger partial charge in [0, 0.05) is 11.8 Å². The molecule has 4 aromatic rings. The van der Waals surface area contributed by atoms with Gasteiger partial charge in [0.05, 0.1) is 10.5 Å². The topological polar surface area (TPSA) is 92.1 Å². The summed E-state index contributed by atoms with van der Waals surface area (Å²) in [5.74, 6) is -0.532. The van der Waals surface area contributed by atoms with E-state index in [0.717, 1.165) is 17.2 Å². The average molecular weight is 445 g/mol. The summed E-state index contributed by atoms with van der Waals surface area (Å²) < 4.78 is 47.2. The van der Waals surface area contributed by atoms with Gasteiger partial charge in [0.15, 0.2) is 11.6 Å². The molecule has 0 saturated heterocycles. The first-order valence-electron chi connectivity index (χ1n) is 9.48. The number of nitrogens with one attached hydrogen (secondary N) is 1. The second kappa shape index (κ2) is 8.88. The van der Waals surface area contributed by atoms with Crippen molar-refractivity contribution in [2.45, 2.75) is 4.90 Å². The maximum atomic E-state index is 13.8. The Balaban J connectivity index is 1.66. The van der Waals surface area contributed by atoms with Crippen molar-refractivity contribution in [3.05, 3.63) is 103 Å². The summed E-state index contributed by atoms with van der Waals surface area (Å²) in [6.45, 7) is 0. The minimum Gasteiger partial charge on any atom is -0.455 e. The largest absolute Gasteiger partial charge is 0.455 e. The Bertz CT molecular complexity index is 1420. The molecule has 1 N–H and O–H groups in total. The number of halogens is 1. The van der Waals surface area contributed by atoms with Crippen LogP contribution < -0.4 is 9.46 Å². The third-order valence-electron chi connectivity index (χ3n) is 4.56. The Hall–Kier alpha value is -4.22. The van der Waals surface area contributed by atoms with E-state index in [4.69, 9.17) is 4.74 Å². The predicted octanol–water partition coefficient (Wildman–Crippen LogP) is 5.35. The maximum Gasteiger partial charge on any atom is 0.263 e. The molecule has 1 heterocycles. The molecular formula is C24H16FN3O3S. The fourth-order valence-electron chi connectivity index (χ4n) is 3.03. The molecule has 0 aliphatic rings. The first kappa shape index (κ1) is 21.0. The second-order valence-electron chi connectivity index (χ2n) is 6.67. The Morgan fingerprint density at radius 1 is 0.906 bits per heavy atom. The number of rotatable bonds is 6. The molecule has 6 nitrogen and oxygen atoms in total. The molecule has 0 atom stereocenters. The van der Waals surface area contributed by atoms with Gasteiger partial charge in [-0.3, -0.25) is 4.72 Å². The minimum absolute atomic E-state index is 0.0113. The number of benzene rings is 3. The van der Waals surface area contributed by atoms with Gasteiger partial charge in [-0.25, -0.2) is 17.8 Å². The second-order valence-corrected chi connectivity index (χ2v) is 8.36. The fraction of sp³-hybridized carbons (Fsp3) is 0. The van der Waals surface area contributed by atoms with E-state index >= 15 is 0 Å². The van der Waals surface area contributed by atoms with E-state index in [9.17, 15) is 18.1 Å². The molecule has 32 heavy (non-hydrogen) atoms. The summed E-state index contributed by atoms with van der Waals surface area (Å²) in [6, 6.07) is 25.2. The summed E-state index contributed by atoms with van der Waals surface area (Å²) in [5, 5.41) is 9.59. The lowest BCUT2D eigenvalue weighted by Crippen LogP contribution is -2.15. The van der Waals surface area contributed by atoms with Gasteiger partial charge in [-0.1, -0.05) is 48.5 Å². The number of ether oxygens (including phenoxy) is 1. The molecule has 1 aromatic heterocycles. The van der Waals surface area contributed by atoms with Gasteiger partial charge in [-0.2, -0.15) is 5.26 Å². The highest BCUT2D eigenvalue weighted by Gasteiger charge is 2.20. The van der Waals surface area contributed by atoms with Crippen LogP contribution >= 0.6 is 0 Å². The first-order valence-corrected chi connectivity index (χ1v) is 11.0. The van der Waals surface area contributed by atoms with Crippen LogP contribution in [0.5, 0.6) is 11.5 Å². The highest BCUT2D eigenvalue weighted by molar-refractivity contribution is 7.92. The molecule has 4 rings (SSSR count). The summed E-state index contributed by atoms with van der Waals surface area (Å²) >= 11 is 0. The summed E-state index contributed by atoms with van der Waals surface area (Å²) in [7, 11) is -4.17. The summed E-state index contributed by atoms with van der Waals surface area (Å²) in [4.78, 5) is 3.47. The fourth-order valence-corrected chi connectivity index (χ4v) is 4.07. The lowest BCUT2D eigenvalue weighted by atomic mass is 10.0. The van der Waals surface area contributed by atoms with Crippen LogP contribution in [0.3, 0.4) is 0 Å². The standard InChI is InChI=1S/C24H16FN3O3S/c25-21-10-6-14-27-24(21)28-32(29,30)19-12-13-22(18(15-19)16-26)31-23-11-5-4-9-20(23)17-7-2-1-3-8-17/h1-15H,(H,27,28). The SMILES string of the molecule is N#Cc1cc(S(=O)(=O)Nc2ncccc2F)ccc1Oc1ccccc1-c1ccccc1. The van der Waals surface area contributed by atoms with Crippen LogP contribution in [0.2, 0.25) is 0 Å². The quantitative estimate of drug-likeness (QED) is 0.432. The molecule has 0 spiro atoms. The predicted molar refractivity (Wildman–Crippen MR) is 118 cm³/mol. The molecule has 0 aliphatic heterocycles. The molecule has 0 aliphatic carbocycles. The first-order chi connectivity index (χ1) is 15.5. The monoisotopic (exact) mass is 445 g/mol. The molecule has 8 heteroatoms. The summed E-state index contributed by atoms with van der Waals surface area (Å²) in [5.41, 5.74) is 1.76. The van der Waals surface area contributed by atoms with Crippen molar-refractivity contribution in [1.82, 2.24) is 4.98 Å². The zero-order valence-electron chi connectivity index (χ0n) is 16.6. The van der Waals surface area contributed by atoms with E-state index in [1.165, 1.54) is 30.5 Å². The van der Waals surface area contributed by atoms with E-state index < -0.39 is 21.7 Å². The number of anilines is 1. The van der Waals surface area contributed by atoms with Crippen LogP contribution in [0, 0.1) is 17.1 Å². The van der Waals surface area contributed by atoms with E-state index in [1.54, 1.807) is 12.1 Å². The minimum atomic E-state index is -4.17. The van der Waals surface area contributed by atoms with Crippen molar-refractivity contribution in [3.8, 4) is 28.7 Å². The van der Waals surface area contributed by atoms with Gasteiger partial charge in [-0.15, -0.1) is 0 Å². The molecule has 158 valence electrons. The zero-order chi connectivity index (χ0) is 22.6. The van der Waals surface area contributed by atoms with Gasteiger partial charge in [-0.05, 0) is 42.0 Å². The molecule has 0 unspecified atom stereocenters. The third-order valence-corrected chi connectivity index (χ3v) is 5.90. The van der Waals surface area contributed by atoms with E-state index in [0.29, 0.717) is 5.75 Å². The van der Waals surface area contributed by atoms with Crippen LogP contribution in [0.15, 0.2) is 96.0 Å². The van der Waals surface area contributed by atoms with Gasteiger partial charge < -0.3 is 4.74 Å². The number of para-hydroxylation sites is 1. The normalized spacial score (nSPS) is 10.9. The van der Waals surface area contributed by atoms with Crippen molar-refractivity contribution in [2.24, 2.45) is 0 Å². The molecule has 0 radical (unpaired) electrons. The third kappa shape index (κ3) is 4.43. The van der Waals surface area contributed by atoms with Crippen molar-refractivity contribution in [3.63, 3.8) is 0 Å². The van der Waals surface area contributed by atoms with Crippen LogP contribution in [0.1, 0.15) is 5.56 Å². The maximum absolute atomic E-state index is 13.8. The zero-order valence-corrected chi connectivity index (χ0v) is 17.4. The van der Waals surface area contributed by atoms with Crippen LogP contribution in [-0.4, -0.2) is 13.4 Å². The van der Waals surface area contributed by atoms with Crippen molar-refractivity contribution in [1.29, 1.82) is 5.26 Å². The molecular weight excluding hydrogens is 429 g/mol. The smallest absolute Gasteiger partial charge is 0.263 e. The average Bonchev–Trinajstić information content (AvgIpc) is 2.81. The Kier molecular flexibility index (Phi) is 5.83. The summed E-state index contributed by atoms with van der Waals surface area (Å²) in [6.07, 6.45) is 1.27. The number of pyridine rings is 1. The molecule has 3 aromatic carbocycles. The van der Waals surface area contributed by atoms with E-state index in [1.807, 2.05) is 48.5 Å². The molecule has 0 saturated carbocycles. The van der Waals surface area contributed by atoms with Crippen molar-refractivity contribution >= 4 is 15.8 Å². The molecule has 0 bridgehead atoms. The molecule has 0 amide bonds. The number of nitriles is 1. The van der Waals surface area contributed by atoms with Crippen LogP contribution in [0.25, 0.3) is 11.1 Å². The highest BCUT2D eigenvalue weighted by Crippen LogP contribution is 2.35. The lowest BCUT2D eigenvalue weighted by molar-refractivity contribution is 0.482. The van der Waals surface area contributed by atoms with E-state index in [2.05, 4.69) is 9.71 Å². The van der Waals surface area contributed by atoms with Gasteiger partial charge in [0.25, 0.3) is 10.0 Å². The van der Waals surface area contributed by atoms with Gasteiger partial charge >= 0.3 is 0 Å². The Morgan fingerprint density at radius 2 is 1.66 bits per heavy atom. The Labute approximate surface area is 184 Å². The molecule has 0 fully saturated rings.